The van der Waals surface area contributed by atoms with Gasteiger partial charge in [-0.2, -0.15) is 0 Å². The smallest absolute Gasteiger partial charge is 0.256 e. The number of sulfonamides is 1. The fourth-order valence-corrected chi connectivity index (χ4v) is 4.50. The Bertz CT molecular complexity index is 1010. The summed E-state index contributed by atoms with van der Waals surface area (Å²) in [6.45, 7) is 2.99. The molecule has 0 aliphatic carbocycles. The van der Waals surface area contributed by atoms with Crippen molar-refractivity contribution in [3.63, 3.8) is 0 Å². The predicted octanol–water partition coefficient (Wildman–Crippen LogP) is 3.19. The minimum absolute atomic E-state index is 0.00309. The van der Waals surface area contributed by atoms with E-state index in [1.54, 1.807) is 17.9 Å². The number of nitrogens with one attached hydrogen (secondary N) is 1. The quantitative estimate of drug-likeness (QED) is 0.721. The summed E-state index contributed by atoms with van der Waals surface area (Å²) in [4.78, 5) is 13.9. The van der Waals surface area contributed by atoms with Crippen LogP contribution < -0.4 is 9.46 Å². The van der Waals surface area contributed by atoms with E-state index >= 15 is 0 Å². The van der Waals surface area contributed by atoms with Crippen LogP contribution in [0.3, 0.4) is 0 Å². The molecular formula is C21H24F2N2O4S. The van der Waals surface area contributed by atoms with E-state index in [4.69, 9.17) is 4.74 Å². The second-order valence-electron chi connectivity index (χ2n) is 7.09. The number of rotatable bonds is 7. The van der Waals surface area contributed by atoms with Gasteiger partial charge >= 0.3 is 0 Å². The van der Waals surface area contributed by atoms with E-state index in [1.165, 1.54) is 30.3 Å². The van der Waals surface area contributed by atoms with Crippen LogP contribution in [0.1, 0.15) is 30.1 Å². The lowest BCUT2D eigenvalue weighted by Gasteiger charge is -2.32. The van der Waals surface area contributed by atoms with E-state index in [2.05, 4.69) is 4.72 Å². The van der Waals surface area contributed by atoms with Crippen molar-refractivity contribution < 1.29 is 26.7 Å². The minimum atomic E-state index is -3.87. The molecule has 2 aromatic carbocycles. The number of benzene rings is 2. The standard InChI is InChI=1S/C21H24F2N2O4S/c1-2-29-20-8-7-16(13-19(20)23)30(27,28)24-14-15-9-11-25(12-10-15)21(26)17-5-3-4-6-18(17)22/h3-8,13,15,24H,2,9-12,14H2,1H3. The van der Waals surface area contributed by atoms with Gasteiger partial charge in [0.05, 0.1) is 17.1 Å². The summed E-state index contributed by atoms with van der Waals surface area (Å²) >= 11 is 0. The lowest BCUT2D eigenvalue weighted by Crippen LogP contribution is -2.41. The Labute approximate surface area is 174 Å². The van der Waals surface area contributed by atoms with Crippen LogP contribution >= 0.6 is 0 Å². The zero-order valence-corrected chi connectivity index (χ0v) is 17.4. The van der Waals surface area contributed by atoms with Gasteiger partial charge in [-0.15, -0.1) is 0 Å². The summed E-state index contributed by atoms with van der Waals surface area (Å²) in [7, 11) is -3.87. The minimum Gasteiger partial charge on any atom is -0.491 e. The zero-order valence-electron chi connectivity index (χ0n) is 16.6. The number of halogens is 2. The highest BCUT2D eigenvalue weighted by Crippen LogP contribution is 2.23. The number of nitrogens with zero attached hydrogens (tertiary/aromatic N) is 1. The Hall–Kier alpha value is -2.52. The van der Waals surface area contributed by atoms with Crippen molar-refractivity contribution in [1.82, 2.24) is 9.62 Å². The second kappa shape index (κ2) is 9.53. The molecular weight excluding hydrogens is 414 g/mol. The number of carbonyl (C=O) groups excluding carboxylic acids is 1. The molecule has 1 heterocycles. The van der Waals surface area contributed by atoms with Crippen LogP contribution in [0.15, 0.2) is 47.4 Å². The first-order valence-electron chi connectivity index (χ1n) is 9.77. The van der Waals surface area contributed by atoms with Gasteiger partial charge in [-0.25, -0.2) is 21.9 Å². The van der Waals surface area contributed by atoms with E-state index in [-0.39, 0.29) is 41.2 Å². The van der Waals surface area contributed by atoms with Gasteiger partial charge in [0.25, 0.3) is 5.91 Å². The Morgan fingerprint density at radius 1 is 1.13 bits per heavy atom. The molecule has 0 radical (unpaired) electrons. The Kier molecular flexibility index (Phi) is 7.04. The molecule has 0 atom stereocenters. The van der Waals surface area contributed by atoms with Crippen LogP contribution in [-0.4, -0.2) is 45.5 Å². The number of hydrogen-bond donors (Lipinski definition) is 1. The Morgan fingerprint density at radius 3 is 2.47 bits per heavy atom. The molecule has 1 aliphatic rings. The summed E-state index contributed by atoms with van der Waals surface area (Å²) in [5, 5.41) is 0. The molecule has 3 rings (SSSR count). The molecule has 162 valence electrons. The third-order valence-electron chi connectivity index (χ3n) is 5.08. The second-order valence-corrected chi connectivity index (χ2v) is 8.86. The molecule has 1 aliphatic heterocycles. The third kappa shape index (κ3) is 5.14. The van der Waals surface area contributed by atoms with E-state index in [1.807, 2.05) is 0 Å². The largest absolute Gasteiger partial charge is 0.491 e. The van der Waals surface area contributed by atoms with Crippen LogP contribution in [-0.2, 0) is 10.0 Å². The normalized spacial score (nSPS) is 15.2. The number of carbonyl (C=O) groups is 1. The highest BCUT2D eigenvalue weighted by atomic mass is 32.2. The molecule has 0 unspecified atom stereocenters. The number of hydrogen-bond acceptors (Lipinski definition) is 4. The molecule has 9 heteroatoms. The maximum Gasteiger partial charge on any atom is 0.256 e. The first-order valence-corrected chi connectivity index (χ1v) is 11.3. The van der Waals surface area contributed by atoms with E-state index in [0.717, 1.165) is 6.07 Å². The van der Waals surface area contributed by atoms with Crippen LogP contribution in [0.2, 0.25) is 0 Å². The van der Waals surface area contributed by atoms with Crippen molar-refractivity contribution in [1.29, 1.82) is 0 Å². The van der Waals surface area contributed by atoms with Crippen LogP contribution in [0.5, 0.6) is 5.75 Å². The lowest BCUT2D eigenvalue weighted by molar-refractivity contribution is 0.0687. The van der Waals surface area contributed by atoms with Gasteiger partial charge in [0.1, 0.15) is 5.82 Å². The molecule has 1 amide bonds. The fraction of sp³-hybridized carbons (Fsp3) is 0.381. The van der Waals surface area contributed by atoms with Crippen molar-refractivity contribution in [2.24, 2.45) is 5.92 Å². The van der Waals surface area contributed by atoms with Gasteiger partial charge in [-0.1, -0.05) is 12.1 Å². The molecule has 1 saturated heterocycles. The van der Waals surface area contributed by atoms with E-state index < -0.39 is 21.7 Å². The van der Waals surface area contributed by atoms with Crippen molar-refractivity contribution in [3.05, 3.63) is 59.7 Å². The molecule has 30 heavy (non-hydrogen) atoms. The summed E-state index contributed by atoms with van der Waals surface area (Å²) in [6, 6.07) is 9.37. The zero-order chi connectivity index (χ0) is 21.7. The topological polar surface area (TPSA) is 75.7 Å². The number of piperidine rings is 1. The molecule has 1 fully saturated rings. The van der Waals surface area contributed by atoms with Gasteiger partial charge in [-0.3, -0.25) is 4.79 Å². The molecule has 0 bridgehead atoms. The van der Waals surface area contributed by atoms with E-state index in [9.17, 15) is 22.0 Å². The van der Waals surface area contributed by atoms with Crippen molar-refractivity contribution in [2.75, 3.05) is 26.2 Å². The van der Waals surface area contributed by atoms with Crippen molar-refractivity contribution in [3.8, 4) is 5.75 Å². The SMILES string of the molecule is CCOc1ccc(S(=O)(=O)NCC2CCN(C(=O)c3ccccc3F)CC2)cc1F. The molecule has 0 saturated carbocycles. The van der Waals surface area contributed by atoms with Gasteiger partial charge in [0, 0.05) is 19.6 Å². The van der Waals surface area contributed by atoms with Gasteiger partial charge in [0.2, 0.25) is 10.0 Å². The van der Waals surface area contributed by atoms with Crippen LogP contribution in [0.25, 0.3) is 0 Å². The van der Waals surface area contributed by atoms with Gasteiger partial charge in [0.15, 0.2) is 11.6 Å². The molecule has 2 aromatic rings. The predicted molar refractivity (Wildman–Crippen MR) is 108 cm³/mol. The highest BCUT2D eigenvalue weighted by molar-refractivity contribution is 7.89. The average Bonchev–Trinajstić information content (AvgIpc) is 2.74. The van der Waals surface area contributed by atoms with Crippen molar-refractivity contribution in [2.45, 2.75) is 24.7 Å². The van der Waals surface area contributed by atoms with Crippen molar-refractivity contribution >= 4 is 15.9 Å². The Morgan fingerprint density at radius 2 is 1.83 bits per heavy atom. The third-order valence-corrected chi connectivity index (χ3v) is 6.50. The summed E-state index contributed by atoms with van der Waals surface area (Å²) in [5.74, 6) is -1.63. The molecule has 6 nitrogen and oxygen atoms in total. The molecule has 1 N–H and O–H groups in total. The fourth-order valence-electron chi connectivity index (χ4n) is 3.38. The lowest BCUT2D eigenvalue weighted by atomic mass is 9.96. The number of likely N-dealkylation sites (tertiary alicyclic amines) is 1. The highest BCUT2D eigenvalue weighted by Gasteiger charge is 2.26. The Balaban J connectivity index is 1.54. The van der Waals surface area contributed by atoms with Gasteiger partial charge in [-0.05, 0) is 56.0 Å². The maximum atomic E-state index is 14.0. The summed E-state index contributed by atoms with van der Waals surface area (Å²) < 4.78 is 60.3. The average molecular weight is 438 g/mol. The maximum absolute atomic E-state index is 14.0. The number of ether oxygens (including phenoxy) is 1. The first-order chi connectivity index (χ1) is 14.3. The number of amides is 1. The van der Waals surface area contributed by atoms with Gasteiger partial charge < -0.3 is 9.64 Å². The van der Waals surface area contributed by atoms with Crippen LogP contribution in [0, 0.1) is 17.6 Å². The first kappa shape index (κ1) is 22.2. The molecule has 0 aromatic heterocycles. The van der Waals surface area contributed by atoms with E-state index in [0.29, 0.717) is 25.9 Å². The van der Waals surface area contributed by atoms with Crippen LogP contribution in [0.4, 0.5) is 8.78 Å². The monoisotopic (exact) mass is 438 g/mol. The summed E-state index contributed by atoms with van der Waals surface area (Å²) in [5.41, 5.74) is 0.0363. The molecule has 0 spiro atoms. The summed E-state index contributed by atoms with van der Waals surface area (Å²) in [6.07, 6.45) is 1.17.